The molecule has 0 aliphatic carbocycles. The summed E-state index contributed by atoms with van der Waals surface area (Å²) in [7, 11) is -2.57. The van der Waals surface area contributed by atoms with E-state index in [1.54, 1.807) is 0 Å². The lowest BCUT2D eigenvalue weighted by molar-refractivity contribution is 0.474. The van der Waals surface area contributed by atoms with Crippen molar-refractivity contribution >= 4 is 39.9 Å². The minimum Gasteiger partial charge on any atom is -0.453 e. The van der Waals surface area contributed by atoms with Crippen molar-refractivity contribution in [3.63, 3.8) is 0 Å². The van der Waals surface area contributed by atoms with Crippen LogP contribution in [0.25, 0.3) is 27.8 Å². The Balaban J connectivity index is 1.30. The predicted molar refractivity (Wildman–Crippen MR) is 180 cm³/mol. The first-order chi connectivity index (χ1) is 21.3. The van der Waals surface area contributed by atoms with Gasteiger partial charge in [0.1, 0.15) is 11.3 Å². The summed E-state index contributed by atoms with van der Waals surface area (Å²) >= 11 is 0. The van der Waals surface area contributed by atoms with Gasteiger partial charge < -0.3 is 4.74 Å². The summed E-state index contributed by atoms with van der Waals surface area (Å²) in [5.41, 5.74) is 5.31. The molecule has 4 heteroatoms. The molecular weight excluding hydrogens is 541 g/mol. The predicted octanol–water partition coefficient (Wildman–Crippen LogP) is 6.74. The van der Waals surface area contributed by atoms with E-state index in [1.165, 1.54) is 20.7 Å². The molecule has 1 aromatic heterocycles. The molecule has 0 atom stereocenters. The first-order valence-corrected chi connectivity index (χ1v) is 16.9. The molecule has 6 aromatic carbocycles. The molecule has 8 rings (SSSR count). The summed E-state index contributed by atoms with van der Waals surface area (Å²) in [6.45, 7) is 2.16. The lowest BCUT2D eigenvalue weighted by Gasteiger charge is -2.34. The standard InChI is InChI=1S/C39H30N2OSi/c1-2-38-40-34-26-29(27-37-39(34)41(38)35-20-12-13-21-36(35)42-37)28-22-24-33(25-23-28)43(30-14-6-3-7-15-30,31-16-8-4-9-17-31)32-18-10-5-11-19-32/h3-27H,2H2,1H3. The highest BCUT2D eigenvalue weighted by Gasteiger charge is 2.41. The monoisotopic (exact) mass is 570 g/mol. The number of imidazole rings is 1. The van der Waals surface area contributed by atoms with Crippen LogP contribution in [0.5, 0.6) is 11.5 Å². The molecule has 3 nitrogen and oxygen atoms in total. The molecule has 2 heterocycles. The van der Waals surface area contributed by atoms with Crippen LogP contribution < -0.4 is 25.5 Å². The molecule has 0 spiro atoms. The van der Waals surface area contributed by atoms with Crippen molar-refractivity contribution in [3.05, 3.63) is 157 Å². The molecule has 43 heavy (non-hydrogen) atoms. The molecule has 1 aliphatic rings. The highest BCUT2D eigenvalue weighted by molar-refractivity contribution is 7.19. The number of ether oxygens (including phenoxy) is 1. The van der Waals surface area contributed by atoms with Crippen LogP contribution in [0.15, 0.2) is 152 Å². The highest BCUT2D eigenvalue weighted by Crippen LogP contribution is 2.43. The number of hydrogen-bond acceptors (Lipinski definition) is 2. The zero-order valence-corrected chi connectivity index (χ0v) is 24.9. The normalized spacial score (nSPS) is 12.1. The zero-order chi connectivity index (χ0) is 28.8. The van der Waals surface area contributed by atoms with Gasteiger partial charge in [0.05, 0.1) is 11.2 Å². The van der Waals surface area contributed by atoms with Crippen LogP contribution in [0.1, 0.15) is 12.7 Å². The number of nitrogens with zero attached hydrogens (tertiary/aromatic N) is 2. The third-order valence-corrected chi connectivity index (χ3v) is 13.5. The van der Waals surface area contributed by atoms with Gasteiger partial charge in [-0.3, -0.25) is 4.57 Å². The minimum atomic E-state index is -2.57. The Hall–Kier alpha value is -5.19. The van der Waals surface area contributed by atoms with E-state index in [0.29, 0.717) is 0 Å². The van der Waals surface area contributed by atoms with Gasteiger partial charge in [0.25, 0.3) is 0 Å². The van der Waals surface area contributed by atoms with Gasteiger partial charge in [0.15, 0.2) is 19.6 Å². The molecule has 0 amide bonds. The Kier molecular flexibility index (Phi) is 6.09. The van der Waals surface area contributed by atoms with Crippen LogP contribution in [0, 0.1) is 0 Å². The van der Waals surface area contributed by atoms with Gasteiger partial charge in [-0.15, -0.1) is 0 Å². The molecule has 0 N–H and O–H groups in total. The number of benzene rings is 6. The molecule has 0 unspecified atom stereocenters. The van der Waals surface area contributed by atoms with Crippen LogP contribution in [0.2, 0.25) is 0 Å². The van der Waals surface area contributed by atoms with Gasteiger partial charge in [0, 0.05) is 6.42 Å². The van der Waals surface area contributed by atoms with Crippen molar-refractivity contribution in [1.82, 2.24) is 9.55 Å². The highest BCUT2D eigenvalue weighted by atomic mass is 28.3. The Bertz CT molecular complexity index is 1970. The average Bonchev–Trinajstić information content (AvgIpc) is 3.47. The molecule has 206 valence electrons. The average molecular weight is 571 g/mol. The Labute approximate surface area is 252 Å². The van der Waals surface area contributed by atoms with Crippen molar-refractivity contribution in [2.75, 3.05) is 0 Å². The second-order valence-electron chi connectivity index (χ2n) is 11.1. The summed E-state index contributed by atoms with van der Waals surface area (Å²) in [4.78, 5) is 5.05. The fourth-order valence-corrected chi connectivity index (χ4v) is 11.5. The van der Waals surface area contributed by atoms with E-state index in [4.69, 9.17) is 9.72 Å². The summed E-state index contributed by atoms with van der Waals surface area (Å²) in [6.07, 6.45) is 0.845. The van der Waals surface area contributed by atoms with E-state index in [-0.39, 0.29) is 0 Å². The molecule has 0 radical (unpaired) electrons. The van der Waals surface area contributed by atoms with Crippen molar-refractivity contribution in [2.45, 2.75) is 13.3 Å². The van der Waals surface area contributed by atoms with Gasteiger partial charge in [-0.1, -0.05) is 134 Å². The van der Waals surface area contributed by atoms with E-state index < -0.39 is 8.07 Å². The number of aryl methyl sites for hydroxylation is 1. The molecule has 0 bridgehead atoms. The third-order valence-electron chi connectivity index (χ3n) is 8.70. The Morgan fingerprint density at radius 2 is 1.09 bits per heavy atom. The van der Waals surface area contributed by atoms with E-state index in [2.05, 4.69) is 151 Å². The van der Waals surface area contributed by atoms with E-state index in [0.717, 1.165) is 51.6 Å². The Morgan fingerprint density at radius 3 is 1.67 bits per heavy atom. The second kappa shape index (κ2) is 10.3. The maximum atomic E-state index is 6.47. The fraction of sp³-hybridized carbons (Fsp3) is 0.0513. The largest absolute Gasteiger partial charge is 0.453 e. The quantitative estimate of drug-likeness (QED) is 0.164. The van der Waals surface area contributed by atoms with E-state index in [1.807, 2.05) is 12.1 Å². The maximum Gasteiger partial charge on any atom is 0.179 e. The second-order valence-corrected chi connectivity index (χ2v) is 14.9. The maximum absolute atomic E-state index is 6.47. The summed E-state index contributed by atoms with van der Waals surface area (Å²) < 4.78 is 8.73. The van der Waals surface area contributed by atoms with E-state index in [9.17, 15) is 0 Å². The lowest BCUT2D eigenvalue weighted by atomic mass is 10.0. The van der Waals surface area contributed by atoms with Crippen molar-refractivity contribution in [1.29, 1.82) is 0 Å². The number of aromatic nitrogens is 2. The lowest BCUT2D eigenvalue weighted by Crippen LogP contribution is -2.74. The number of hydrogen-bond donors (Lipinski definition) is 0. The molecular formula is C39H30N2OSi. The van der Waals surface area contributed by atoms with Gasteiger partial charge in [0.2, 0.25) is 0 Å². The number of fused-ring (bicyclic) bond motifs is 2. The zero-order valence-electron chi connectivity index (χ0n) is 23.9. The molecule has 1 aliphatic heterocycles. The van der Waals surface area contributed by atoms with Crippen LogP contribution in [-0.4, -0.2) is 17.6 Å². The van der Waals surface area contributed by atoms with Crippen LogP contribution >= 0.6 is 0 Å². The molecule has 0 saturated heterocycles. The van der Waals surface area contributed by atoms with Crippen molar-refractivity contribution < 1.29 is 4.74 Å². The van der Waals surface area contributed by atoms with Crippen LogP contribution in [0.3, 0.4) is 0 Å². The SMILES string of the molecule is CCc1nc2cc(-c3ccc([Si](c4ccccc4)(c4ccccc4)c4ccccc4)cc3)cc3c2n1-c1ccccc1O3. The first-order valence-electron chi connectivity index (χ1n) is 14.9. The van der Waals surface area contributed by atoms with Gasteiger partial charge in [-0.2, -0.15) is 0 Å². The Morgan fingerprint density at radius 1 is 0.558 bits per heavy atom. The van der Waals surface area contributed by atoms with Crippen LogP contribution in [-0.2, 0) is 6.42 Å². The smallest absolute Gasteiger partial charge is 0.179 e. The topological polar surface area (TPSA) is 27.1 Å². The number of para-hydroxylation sites is 2. The molecule has 7 aromatic rings. The van der Waals surface area contributed by atoms with Crippen molar-refractivity contribution in [2.24, 2.45) is 0 Å². The van der Waals surface area contributed by atoms with Crippen LogP contribution in [0.4, 0.5) is 0 Å². The third kappa shape index (κ3) is 3.98. The molecule has 0 saturated carbocycles. The summed E-state index contributed by atoms with van der Waals surface area (Å²) in [6, 6.07) is 54.9. The summed E-state index contributed by atoms with van der Waals surface area (Å²) in [5.74, 6) is 2.76. The summed E-state index contributed by atoms with van der Waals surface area (Å²) in [5, 5.41) is 5.46. The molecule has 0 fully saturated rings. The van der Waals surface area contributed by atoms with Gasteiger partial charge in [-0.25, -0.2) is 4.98 Å². The van der Waals surface area contributed by atoms with Gasteiger partial charge in [-0.05, 0) is 56.1 Å². The fourth-order valence-electron chi connectivity index (χ4n) is 6.79. The van der Waals surface area contributed by atoms with Crippen molar-refractivity contribution in [3.8, 4) is 28.3 Å². The first kappa shape index (κ1) is 25.5. The number of rotatable bonds is 6. The van der Waals surface area contributed by atoms with E-state index >= 15 is 0 Å². The van der Waals surface area contributed by atoms with Gasteiger partial charge >= 0.3 is 0 Å². The minimum absolute atomic E-state index is 0.845.